The molecule has 4 heteroatoms. The number of allylic oxidation sites excluding steroid dienone is 1. The van der Waals surface area contributed by atoms with Gasteiger partial charge in [0, 0.05) is 0 Å². The van der Waals surface area contributed by atoms with Gasteiger partial charge in [0.05, 0.1) is 6.61 Å². The maximum absolute atomic E-state index is 10.4. The van der Waals surface area contributed by atoms with Crippen LogP contribution < -0.4 is 5.73 Å². The van der Waals surface area contributed by atoms with Gasteiger partial charge in [-0.2, -0.15) is 0 Å². The molecule has 0 aromatic heterocycles. The largest absolute Gasteiger partial charge is 0.496 e. The van der Waals surface area contributed by atoms with Crippen LogP contribution in [-0.4, -0.2) is 23.7 Å². The molecule has 0 aliphatic carbocycles. The van der Waals surface area contributed by atoms with E-state index in [1.54, 1.807) is 6.08 Å². The number of aliphatic carboxylic acids is 1. The number of hydrogen-bond donors (Lipinski definition) is 2. The summed E-state index contributed by atoms with van der Waals surface area (Å²) in [5, 5.41) is 8.49. The van der Waals surface area contributed by atoms with Crippen molar-refractivity contribution in [2.75, 3.05) is 6.61 Å². The molecule has 1 unspecified atom stereocenters. The van der Waals surface area contributed by atoms with Gasteiger partial charge in [-0.05, 0) is 18.9 Å². The van der Waals surface area contributed by atoms with Crippen LogP contribution in [0.2, 0.25) is 0 Å². The zero-order valence-electron chi connectivity index (χ0n) is 6.12. The van der Waals surface area contributed by atoms with Crippen molar-refractivity contribution in [2.24, 2.45) is 5.73 Å². The highest BCUT2D eigenvalue weighted by Gasteiger charge is 2.19. The van der Waals surface area contributed by atoms with E-state index in [9.17, 15) is 4.79 Å². The second-order valence-corrected chi connectivity index (χ2v) is 2.41. The van der Waals surface area contributed by atoms with Crippen molar-refractivity contribution in [3.63, 3.8) is 0 Å². The lowest BCUT2D eigenvalue weighted by atomic mass is 10.1. The SMILES string of the molecule is NC(C(=O)O)C1=CCCCO1. The Kier molecular flexibility index (Phi) is 2.48. The number of carboxylic acid groups (broad SMARTS) is 1. The van der Waals surface area contributed by atoms with Crippen molar-refractivity contribution in [3.05, 3.63) is 11.8 Å². The van der Waals surface area contributed by atoms with E-state index in [4.69, 9.17) is 15.6 Å². The van der Waals surface area contributed by atoms with E-state index in [2.05, 4.69) is 0 Å². The zero-order valence-corrected chi connectivity index (χ0v) is 6.12. The standard InChI is InChI=1S/C7H11NO3/c8-6(7(9)10)5-3-1-2-4-11-5/h3,6H,1-2,4,8H2,(H,9,10). The van der Waals surface area contributed by atoms with E-state index in [0.29, 0.717) is 12.4 Å². The summed E-state index contributed by atoms with van der Waals surface area (Å²) in [7, 11) is 0. The van der Waals surface area contributed by atoms with E-state index >= 15 is 0 Å². The Morgan fingerprint density at radius 2 is 2.55 bits per heavy atom. The van der Waals surface area contributed by atoms with Gasteiger partial charge >= 0.3 is 5.97 Å². The van der Waals surface area contributed by atoms with E-state index in [1.807, 2.05) is 0 Å². The summed E-state index contributed by atoms with van der Waals surface area (Å²) in [5.74, 6) is -0.651. The van der Waals surface area contributed by atoms with Crippen LogP contribution in [0.1, 0.15) is 12.8 Å². The third-order valence-corrected chi connectivity index (χ3v) is 1.54. The minimum atomic E-state index is -1.04. The van der Waals surface area contributed by atoms with E-state index in [1.165, 1.54) is 0 Å². The number of carbonyl (C=O) groups is 1. The highest BCUT2D eigenvalue weighted by Crippen LogP contribution is 2.12. The monoisotopic (exact) mass is 157 g/mol. The van der Waals surface area contributed by atoms with Crippen LogP contribution in [0.3, 0.4) is 0 Å². The van der Waals surface area contributed by atoms with Crippen LogP contribution in [0.4, 0.5) is 0 Å². The molecule has 1 heterocycles. The Hall–Kier alpha value is -1.03. The van der Waals surface area contributed by atoms with Gasteiger partial charge in [0.15, 0.2) is 6.04 Å². The predicted molar refractivity (Wildman–Crippen MR) is 38.9 cm³/mol. The molecule has 4 nitrogen and oxygen atoms in total. The summed E-state index contributed by atoms with van der Waals surface area (Å²) in [5.41, 5.74) is 5.30. The molecule has 0 spiro atoms. The van der Waals surface area contributed by atoms with Crippen molar-refractivity contribution in [3.8, 4) is 0 Å². The summed E-state index contributed by atoms with van der Waals surface area (Å²) in [6.45, 7) is 0.576. The molecule has 1 atom stereocenters. The fraction of sp³-hybridized carbons (Fsp3) is 0.571. The Morgan fingerprint density at radius 3 is 3.00 bits per heavy atom. The molecule has 11 heavy (non-hydrogen) atoms. The fourth-order valence-electron chi connectivity index (χ4n) is 0.915. The predicted octanol–water partition coefficient (Wildman–Crippen LogP) is 0.0926. The molecule has 1 aliphatic rings. The highest BCUT2D eigenvalue weighted by atomic mass is 16.5. The van der Waals surface area contributed by atoms with Crippen LogP contribution in [0, 0.1) is 0 Å². The summed E-state index contributed by atoms with van der Waals surface area (Å²) < 4.78 is 5.06. The molecule has 0 radical (unpaired) electrons. The van der Waals surface area contributed by atoms with Crippen molar-refractivity contribution in [2.45, 2.75) is 18.9 Å². The first-order valence-corrected chi connectivity index (χ1v) is 3.53. The summed E-state index contributed by atoms with van der Waals surface area (Å²) >= 11 is 0. The quantitative estimate of drug-likeness (QED) is 0.596. The molecular formula is C7H11NO3. The molecule has 62 valence electrons. The molecule has 0 saturated heterocycles. The van der Waals surface area contributed by atoms with Gasteiger partial charge in [-0.15, -0.1) is 0 Å². The van der Waals surface area contributed by atoms with Crippen molar-refractivity contribution >= 4 is 5.97 Å². The van der Waals surface area contributed by atoms with Gasteiger partial charge in [0.2, 0.25) is 0 Å². The molecule has 0 aromatic carbocycles. The lowest BCUT2D eigenvalue weighted by molar-refractivity contribution is -0.138. The van der Waals surface area contributed by atoms with Gasteiger partial charge in [-0.25, -0.2) is 0 Å². The first-order valence-electron chi connectivity index (χ1n) is 3.53. The normalized spacial score (nSPS) is 19.9. The Balaban J connectivity index is 2.58. The molecule has 1 rings (SSSR count). The second kappa shape index (κ2) is 3.39. The first kappa shape index (κ1) is 8.07. The van der Waals surface area contributed by atoms with Gasteiger partial charge in [-0.1, -0.05) is 0 Å². The van der Waals surface area contributed by atoms with E-state index < -0.39 is 12.0 Å². The van der Waals surface area contributed by atoms with Crippen LogP contribution >= 0.6 is 0 Å². The van der Waals surface area contributed by atoms with Crippen molar-refractivity contribution < 1.29 is 14.6 Å². The lowest BCUT2D eigenvalue weighted by Gasteiger charge is -2.17. The Bertz CT molecular complexity index is 188. The summed E-state index contributed by atoms with van der Waals surface area (Å²) in [4.78, 5) is 10.4. The Morgan fingerprint density at radius 1 is 1.82 bits per heavy atom. The van der Waals surface area contributed by atoms with E-state index in [0.717, 1.165) is 12.8 Å². The molecule has 0 fully saturated rings. The maximum Gasteiger partial charge on any atom is 0.328 e. The van der Waals surface area contributed by atoms with Gasteiger partial charge in [0.25, 0.3) is 0 Å². The maximum atomic E-state index is 10.4. The molecular weight excluding hydrogens is 146 g/mol. The molecule has 0 bridgehead atoms. The third kappa shape index (κ3) is 1.94. The van der Waals surface area contributed by atoms with Crippen molar-refractivity contribution in [1.29, 1.82) is 0 Å². The zero-order chi connectivity index (χ0) is 8.27. The summed E-state index contributed by atoms with van der Waals surface area (Å²) in [6, 6.07) is -0.990. The molecule has 3 N–H and O–H groups in total. The molecule has 0 aromatic rings. The summed E-state index contributed by atoms with van der Waals surface area (Å²) in [6.07, 6.45) is 3.54. The first-order chi connectivity index (χ1) is 5.22. The minimum absolute atomic E-state index is 0.392. The van der Waals surface area contributed by atoms with Crippen molar-refractivity contribution in [1.82, 2.24) is 0 Å². The number of ether oxygens (including phenoxy) is 1. The smallest absolute Gasteiger partial charge is 0.328 e. The topological polar surface area (TPSA) is 72.6 Å². The Labute approximate surface area is 64.6 Å². The molecule has 0 saturated carbocycles. The average Bonchev–Trinajstić information content (AvgIpc) is 2.05. The fourth-order valence-corrected chi connectivity index (χ4v) is 0.915. The number of hydrogen-bond acceptors (Lipinski definition) is 3. The number of rotatable bonds is 2. The number of nitrogens with two attached hydrogens (primary N) is 1. The average molecular weight is 157 g/mol. The number of carboxylic acids is 1. The lowest BCUT2D eigenvalue weighted by Crippen LogP contribution is -2.34. The van der Waals surface area contributed by atoms with Gasteiger partial charge in [0.1, 0.15) is 5.76 Å². The second-order valence-electron chi connectivity index (χ2n) is 2.41. The van der Waals surface area contributed by atoms with Crippen LogP contribution in [0.5, 0.6) is 0 Å². The van der Waals surface area contributed by atoms with Gasteiger partial charge in [-0.3, -0.25) is 4.79 Å². The third-order valence-electron chi connectivity index (χ3n) is 1.54. The minimum Gasteiger partial charge on any atom is -0.496 e. The van der Waals surface area contributed by atoms with E-state index in [-0.39, 0.29) is 0 Å². The van der Waals surface area contributed by atoms with Crippen LogP contribution in [0.15, 0.2) is 11.8 Å². The van der Waals surface area contributed by atoms with Crippen LogP contribution in [0.25, 0.3) is 0 Å². The molecule has 1 aliphatic heterocycles. The highest BCUT2D eigenvalue weighted by molar-refractivity contribution is 5.76. The molecule has 0 amide bonds. The van der Waals surface area contributed by atoms with Gasteiger partial charge < -0.3 is 15.6 Å². The van der Waals surface area contributed by atoms with Crippen LogP contribution in [-0.2, 0) is 9.53 Å².